The summed E-state index contributed by atoms with van der Waals surface area (Å²) in [6, 6.07) is 0.236. The second kappa shape index (κ2) is 6.96. The zero-order valence-electron chi connectivity index (χ0n) is 13.3. The Hall–Kier alpha value is -1.14. The largest absolute Gasteiger partial charge is 0.370 e. The topological polar surface area (TPSA) is 59.1 Å². The van der Waals surface area contributed by atoms with Crippen LogP contribution in [0.3, 0.4) is 0 Å². The molecule has 3 aliphatic heterocycles. The molecule has 22 heavy (non-hydrogen) atoms. The summed E-state index contributed by atoms with van der Waals surface area (Å²) >= 11 is 0. The van der Waals surface area contributed by atoms with Crippen LogP contribution in [0.5, 0.6) is 0 Å². The maximum Gasteiger partial charge on any atom is 0.248 e. The molecule has 0 bridgehead atoms. The lowest BCUT2D eigenvalue weighted by Crippen LogP contribution is -2.45. The lowest BCUT2D eigenvalue weighted by atomic mass is 9.99. The summed E-state index contributed by atoms with van der Waals surface area (Å²) < 4.78 is 11.6. The Morgan fingerprint density at radius 2 is 1.91 bits per heavy atom. The average Bonchev–Trinajstić information content (AvgIpc) is 3.16. The quantitative estimate of drug-likeness (QED) is 0.770. The van der Waals surface area contributed by atoms with Crippen molar-refractivity contribution in [2.75, 3.05) is 32.8 Å². The number of nitrogens with zero attached hydrogens (tertiary/aromatic N) is 2. The molecule has 0 aromatic heterocycles. The highest BCUT2D eigenvalue weighted by molar-refractivity contribution is 5.77. The summed E-state index contributed by atoms with van der Waals surface area (Å²) in [5.74, 6) is 0.233. The molecular formula is C16H26N2O4. The highest BCUT2D eigenvalue weighted by atomic mass is 16.5. The molecule has 0 aromatic rings. The minimum absolute atomic E-state index is 0.0551. The molecule has 0 unspecified atom stereocenters. The number of hydrogen-bond donors (Lipinski definition) is 0. The molecule has 3 heterocycles. The van der Waals surface area contributed by atoms with Crippen LogP contribution in [-0.2, 0) is 19.1 Å². The third-order valence-electron chi connectivity index (χ3n) is 5.03. The van der Waals surface area contributed by atoms with Crippen LogP contribution in [0.25, 0.3) is 0 Å². The maximum absolute atomic E-state index is 11.9. The van der Waals surface area contributed by atoms with Gasteiger partial charge in [0, 0.05) is 26.6 Å². The van der Waals surface area contributed by atoms with E-state index in [0.717, 1.165) is 51.7 Å². The molecule has 0 N–H and O–H groups in total. The van der Waals surface area contributed by atoms with Crippen molar-refractivity contribution in [1.82, 2.24) is 9.80 Å². The Labute approximate surface area is 131 Å². The van der Waals surface area contributed by atoms with E-state index in [1.165, 1.54) is 0 Å². The van der Waals surface area contributed by atoms with Crippen LogP contribution in [0, 0.1) is 0 Å². The highest BCUT2D eigenvalue weighted by Gasteiger charge is 2.40. The molecule has 3 saturated heterocycles. The third-order valence-corrected chi connectivity index (χ3v) is 5.03. The summed E-state index contributed by atoms with van der Waals surface area (Å²) in [6.07, 6.45) is 5.18. The first kappa shape index (κ1) is 15.7. The van der Waals surface area contributed by atoms with Gasteiger partial charge in [0.1, 0.15) is 6.61 Å². The van der Waals surface area contributed by atoms with E-state index in [9.17, 15) is 9.59 Å². The van der Waals surface area contributed by atoms with Crippen LogP contribution in [0.1, 0.15) is 39.0 Å². The van der Waals surface area contributed by atoms with Crippen molar-refractivity contribution < 1.29 is 19.1 Å². The first-order valence-corrected chi connectivity index (χ1v) is 8.43. The van der Waals surface area contributed by atoms with Gasteiger partial charge in [-0.2, -0.15) is 0 Å². The lowest BCUT2D eigenvalue weighted by Gasteiger charge is -2.35. The molecule has 6 nitrogen and oxygen atoms in total. The maximum atomic E-state index is 11.9. The van der Waals surface area contributed by atoms with Crippen LogP contribution in [-0.4, -0.2) is 72.7 Å². The first-order valence-electron chi connectivity index (χ1n) is 8.43. The van der Waals surface area contributed by atoms with Gasteiger partial charge in [-0.05, 0) is 32.1 Å². The van der Waals surface area contributed by atoms with Crippen LogP contribution in [0.4, 0.5) is 0 Å². The zero-order valence-corrected chi connectivity index (χ0v) is 13.3. The van der Waals surface area contributed by atoms with Gasteiger partial charge >= 0.3 is 0 Å². The van der Waals surface area contributed by atoms with E-state index in [-0.39, 0.29) is 36.7 Å². The number of carbonyl (C=O) groups is 2. The van der Waals surface area contributed by atoms with Gasteiger partial charge < -0.3 is 19.3 Å². The number of likely N-dealkylation sites (tertiary alicyclic amines) is 2. The Morgan fingerprint density at radius 3 is 2.64 bits per heavy atom. The zero-order chi connectivity index (χ0) is 15.5. The van der Waals surface area contributed by atoms with Gasteiger partial charge in [-0.1, -0.05) is 0 Å². The van der Waals surface area contributed by atoms with Crippen molar-refractivity contribution in [1.29, 1.82) is 0 Å². The molecule has 0 aromatic carbocycles. The van der Waals surface area contributed by atoms with Crippen molar-refractivity contribution in [3.63, 3.8) is 0 Å². The molecule has 3 rings (SSSR count). The van der Waals surface area contributed by atoms with Crippen molar-refractivity contribution in [3.05, 3.63) is 0 Å². The fraction of sp³-hybridized carbons (Fsp3) is 0.875. The number of hydrogen-bond acceptors (Lipinski definition) is 4. The predicted molar refractivity (Wildman–Crippen MR) is 80.3 cm³/mol. The van der Waals surface area contributed by atoms with Gasteiger partial charge in [0.05, 0.1) is 24.9 Å². The molecule has 3 atom stereocenters. The number of carbonyl (C=O) groups excluding carboxylic acids is 2. The van der Waals surface area contributed by atoms with Gasteiger partial charge in [-0.25, -0.2) is 0 Å². The first-order chi connectivity index (χ1) is 10.6. The van der Waals surface area contributed by atoms with E-state index in [4.69, 9.17) is 9.47 Å². The number of fused-ring (bicyclic) bond motifs is 1. The summed E-state index contributed by atoms with van der Waals surface area (Å²) in [5, 5.41) is 0. The van der Waals surface area contributed by atoms with Crippen molar-refractivity contribution in [2.24, 2.45) is 0 Å². The third kappa shape index (κ3) is 3.43. The Balaban J connectivity index is 1.38. The molecule has 3 aliphatic rings. The van der Waals surface area contributed by atoms with E-state index in [0.29, 0.717) is 6.61 Å². The second-order valence-electron chi connectivity index (χ2n) is 6.55. The monoisotopic (exact) mass is 310 g/mol. The molecule has 3 fully saturated rings. The average molecular weight is 310 g/mol. The second-order valence-corrected chi connectivity index (χ2v) is 6.55. The normalized spacial score (nSPS) is 31.4. The minimum Gasteiger partial charge on any atom is -0.370 e. The van der Waals surface area contributed by atoms with Crippen LogP contribution >= 0.6 is 0 Å². The SMILES string of the molecule is CC(=O)N1CC[C@@H]2O[C@@H](COCC(=O)N3CCCC3)CC[C@@H]21. The highest BCUT2D eigenvalue weighted by Crippen LogP contribution is 2.31. The predicted octanol–water partition coefficient (Wildman–Crippen LogP) is 0.794. The van der Waals surface area contributed by atoms with E-state index >= 15 is 0 Å². The van der Waals surface area contributed by atoms with E-state index in [1.807, 2.05) is 9.80 Å². The van der Waals surface area contributed by atoms with Crippen LogP contribution < -0.4 is 0 Å². The number of rotatable bonds is 4. The molecule has 124 valence electrons. The Kier molecular flexibility index (Phi) is 4.98. The van der Waals surface area contributed by atoms with Gasteiger partial charge in [-0.3, -0.25) is 9.59 Å². The smallest absolute Gasteiger partial charge is 0.248 e. The lowest BCUT2D eigenvalue weighted by molar-refractivity contribution is -0.143. The fourth-order valence-corrected chi connectivity index (χ4v) is 3.85. The van der Waals surface area contributed by atoms with E-state index < -0.39 is 0 Å². The van der Waals surface area contributed by atoms with Gasteiger partial charge in [0.15, 0.2) is 0 Å². The van der Waals surface area contributed by atoms with Gasteiger partial charge in [-0.15, -0.1) is 0 Å². The van der Waals surface area contributed by atoms with Crippen molar-refractivity contribution >= 4 is 11.8 Å². The van der Waals surface area contributed by atoms with Gasteiger partial charge in [0.2, 0.25) is 11.8 Å². The molecule has 0 spiro atoms. The van der Waals surface area contributed by atoms with E-state index in [2.05, 4.69) is 0 Å². The Bertz CT molecular complexity index is 422. The summed E-state index contributed by atoms with van der Waals surface area (Å²) in [6.45, 7) is 4.79. The summed E-state index contributed by atoms with van der Waals surface area (Å²) in [5.41, 5.74) is 0. The van der Waals surface area contributed by atoms with Crippen LogP contribution in [0.2, 0.25) is 0 Å². The summed E-state index contributed by atoms with van der Waals surface area (Å²) in [4.78, 5) is 27.3. The fourth-order valence-electron chi connectivity index (χ4n) is 3.85. The molecule has 2 amide bonds. The van der Waals surface area contributed by atoms with E-state index in [1.54, 1.807) is 6.92 Å². The van der Waals surface area contributed by atoms with Gasteiger partial charge in [0.25, 0.3) is 0 Å². The van der Waals surface area contributed by atoms with Crippen molar-refractivity contribution in [2.45, 2.75) is 57.3 Å². The molecular weight excluding hydrogens is 284 g/mol. The number of amides is 2. The number of ether oxygens (including phenoxy) is 2. The molecule has 0 saturated carbocycles. The molecule has 6 heteroatoms. The minimum atomic E-state index is 0.0551. The summed E-state index contributed by atoms with van der Waals surface area (Å²) in [7, 11) is 0. The molecule has 0 radical (unpaired) electrons. The van der Waals surface area contributed by atoms with Crippen LogP contribution in [0.15, 0.2) is 0 Å². The molecule has 0 aliphatic carbocycles. The Morgan fingerprint density at radius 1 is 1.14 bits per heavy atom. The standard InChI is InChI=1S/C16H26N2O4/c1-12(19)18-9-6-15-14(18)5-4-13(22-15)10-21-11-16(20)17-7-2-3-8-17/h13-15H,2-11H2,1H3/t13-,14+,15+/m1/s1. The van der Waals surface area contributed by atoms with Crippen molar-refractivity contribution in [3.8, 4) is 0 Å².